The Morgan fingerprint density at radius 3 is 2.84 bits per heavy atom. The van der Waals surface area contributed by atoms with E-state index in [1.165, 1.54) is 45.2 Å². The summed E-state index contributed by atoms with van der Waals surface area (Å²) in [5.74, 6) is 0.846. The van der Waals surface area contributed by atoms with Crippen LogP contribution in [0.3, 0.4) is 0 Å². The lowest BCUT2D eigenvalue weighted by atomic mass is 9.83. The predicted molar refractivity (Wildman–Crippen MR) is 125 cm³/mol. The van der Waals surface area contributed by atoms with E-state index in [-0.39, 0.29) is 11.4 Å². The van der Waals surface area contributed by atoms with Gasteiger partial charge in [0.1, 0.15) is 11.3 Å². The Hall–Kier alpha value is -1.89. The van der Waals surface area contributed by atoms with Crippen LogP contribution < -0.4 is 5.63 Å². The van der Waals surface area contributed by atoms with E-state index in [1.54, 1.807) is 13.2 Å². The number of fused-ring (bicyclic) bond motifs is 4. The van der Waals surface area contributed by atoms with Crippen LogP contribution in [-0.2, 0) is 24.1 Å². The van der Waals surface area contributed by atoms with Crippen molar-refractivity contribution >= 4 is 11.0 Å². The van der Waals surface area contributed by atoms with Crippen molar-refractivity contribution in [1.82, 2.24) is 9.80 Å². The molecular formula is C26H36N2O4. The van der Waals surface area contributed by atoms with E-state index in [1.807, 2.05) is 6.07 Å². The maximum atomic E-state index is 12.6. The molecular weight excluding hydrogens is 404 g/mol. The van der Waals surface area contributed by atoms with Crippen molar-refractivity contribution in [2.75, 3.05) is 39.9 Å². The summed E-state index contributed by atoms with van der Waals surface area (Å²) in [5, 5.41) is 11.8. The molecule has 6 nitrogen and oxygen atoms in total. The first kappa shape index (κ1) is 21.9. The molecule has 2 aliphatic heterocycles. The van der Waals surface area contributed by atoms with E-state index in [0.717, 1.165) is 54.4 Å². The fourth-order valence-corrected chi connectivity index (χ4v) is 6.35. The monoisotopic (exact) mass is 440 g/mol. The van der Waals surface area contributed by atoms with Crippen molar-refractivity contribution in [1.29, 1.82) is 0 Å². The van der Waals surface area contributed by atoms with Gasteiger partial charge >= 0.3 is 5.63 Å². The van der Waals surface area contributed by atoms with Gasteiger partial charge in [-0.05, 0) is 81.6 Å². The molecule has 6 heteroatoms. The van der Waals surface area contributed by atoms with Crippen LogP contribution in [0, 0.1) is 5.92 Å². The van der Waals surface area contributed by atoms with E-state index >= 15 is 0 Å². The summed E-state index contributed by atoms with van der Waals surface area (Å²) in [6, 6.07) is 4.36. The highest BCUT2D eigenvalue weighted by atomic mass is 16.5. The minimum Gasteiger partial charge on any atom is -0.507 e. The zero-order valence-corrected chi connectivity index (χ0v) is 19.3. The molecule has 5 rings (SSSR count). The number of benzene rings is 1. The van der Waals surface area contributed by atoms with Gasteiger partial charge < -0.3 is 19.2 Å². The molecule has 1 aromatic heterocycles. The SMILES string of the molecule is COCCN(Cc1c(O)ccc2c3c(c(=O)oc12)CCC3)CC1CCCN2CCCCC12. The first-order chi connectivity index (χ1) is 15.7. The number of rotatable bonds is 7. The van der Waals surface area contributed by atoms with Gasteiger partial charge in [-0.1, -0.05) is 6.42 Å². The van der Waals surface area contributed by atoms with Gasteiger partial charge in [0, 0.05) is 43.7 Å². The zero-order chi connectivity index (χ0) is 22.1. The highest BCUT2D eigenvalue weighted by molar-refractivity contribution is 5.86. The molecule has 0 saturated carbocycles. The fourth-order valence-electron chi connectivity index (χ4n) is 6.35. The van der Waals surface area contributed by atoms with Crippen LogP contribution in [0.4, 0.5) is 0 Å². The number of nitrogens with zero attached hydrogens (tertiary/aromatic N) is 2. The summed E-state index contributed by atoms with van der Waals surface area (Å²) in [5.41, 5.74) is 3.02. The lowest BCUT2D eigenvalue weighted by Crippen LogP contribution is -2.51. The number of piperidine rings is 2. The van der Waals surface area contributed by atoms with Gasteiger partial charge in [-0.25, -0.2) is 4.79 Å². The molecule has 0 radical (unpaired) electrons. The predicted octanol–water partition coefficient (Wildman–Crippen LogP) is 3.70. The number of aryl methyl sites for hydroxylation is 1. The first-order valence-electron chi connectivity index (χ1n) is 12.4. The summed E-state index contributed by atoms with van der Waals surface area (Å²) >= 11 is 0. The summed E-state index contributed by atoms with van der Waals surface area (Å²) < 4.78 is 11.2. The summed E-state index contributed by atoms with van der Waals surface area (Å²) in [6.45, 7) is 5.46. The van der Waals surface area contributed by atoms with E-state index < -0.39 is 0 Å². The molecule has 1 aliphatic carbocycles. The Morgan fingerprint density at radius 1 is 1.12 bits per heavy atom. The molecule has 0 amide bonds. The standard InChI is InChI=1S/C26H36N2O4/c1-31-15-14-27(16-18-6-5-13-28-12-3-2-9-23(18)28)17-22-24(29)11-10-20-19-7-4-8-21(19)26(30)32-25(20)22/h10-11,18,23,29H,2-9,12-17H2,1H3. The van der Waals surface area contributed by atoms with Crippen molar-refractivity contribution in [2.45, 2.75) is 64.0 Å². The lowest BCUT2D eigenvalue weighted by Gasteiger charge is -2.45. The maximum Gasteiger partial charge on any atom is 0.339 e. The Bertz CT molecular complexity index is 1020. The maximum absolute atomic E-state index is 12.6. The molecule has 0 bridgehead atoms. The highest BCUT2D eigenvalue weighted by Gasteiger charge is 2.34. The number of phenols is 1. The second-order valence-electron chi connectivity index (χ2n) is 9.87. The first-order valence-corrected chi connectivity index (χ1v) is 12.4. The summed E-state index contributed by atoms with van der Waals surface area (Å²) in [6.07, 6.45) is 9.17. The number of methoxy groups -OCH3 is 1. The number of hydrogen-bond acceptors (Lipinski definition) is 6. The minimum absolute atomic E-state index is 0.212. The second-order valence-corrected chi connectivity index (χ2v) is 9.87. The Morgan fingerprint density at radius 2 is 1.97 bits per heavy atom. The van der Waals surface area contributed by atoms with Gasteiger partial charge in [-0.15, -0.1) is 0 Å². The third kappa shape index (κ3) is 4.20. The van der Waals surface area contributed by atoms with Crippen LogP contribution in [0.15, 0.2) is 21.3 Å². The highest BCUT2D eigenvalue weighted by Crippen LogP contribution is 2.35. The molecule has 3 aliphatic rings. The van der Waals surface area contributed by atoms with Gasteiger partial charge in [0.15, 0.2) is 0 Å². The molecule has 2 saturated heterocycles. The molecule has 1 N–H and O–H groups in total. The molecule has 3 heterocycles. The normalized spacial score (nSPS) is 23.6. The van der Waals surface area contributed by atoms with Crippen molar-refractivity contribution < 1.29 is 14.3 Å². The molecule has 0 spiro atoms. The van der Waals surface area contributed by atoms with E-state index in [4.69, 9.17) is 9.15 Å². The van der Waals surface area contributed by atoms with Crippen molar-refractivity contribution in [2.24, 2.45) is 5.92 Å². The number of aromatic hydroxyl groups is 1. The van der Waals surface area contributed by atoms with Gasteiger partial charge in [0.05, 0.1) is 12.2 Å². The van der Waals surface area contributed by atoms with E-state index in [2.05, 4.69) is 9.80 Å². The molecule has 1 aromatic carbocycles. The van der Waals surface area contributed by atoms with Crippen LogP contribution in [-0.4, -0.2) is 60.8 Å². The Kier molecular flexibility index (Phi) is 6.54. The van der Waals surface area contributed by atoms with Crippen LogP contribution >= 0.6 is 0 Å². The third-order valence-corrected chi connectivity index (χ3v) is 7.93. The molecule has 2 fully saturated rings. The van der Waals surface area contributed by atoms with Crippen molar-refractivity contribution in [3.8, 4) is 5.75 Å². The summed E-state index contributed by atoms with van der Waals surface area (Å²) in [7, 11) is 1.74. The topological polar surface area (TPSA) is 66.2 Å². The fraction of sp³-hybridized carbons (Fsp3) is 0.654. The van der Waals surface area contributed by atoms with Gasteiger partial charge in [0.2, 0.25) is 0 Å². The quantitative estimate of drug-likeness (QED) is 0.663. The van der Waals surface area contributed by atoms with Crippen molar-refractivity contribution in [3.63, 3.8) is 0 Å². The zero-order valence-electron chi connectivity index (χ0n) is 19.3. The Balaban J connectivity index is 1.44. The van der Waals surface area contributed by atoms with Gasteiger partial charge in [-0.2, -0.15) is 0 Å². The Labute approximate surface area is 190 Å². The molecule has 2 unspecified atom stereocenters. The van der Waals surface area contributed by atoms with E-state index in [0.29, 0.717) is 30.7 Å². The van der Waals surface area contributed by atoms with Gasteiger partial charge in [-0.3, -0.25) is 4.90 Å². The van der Waals surface area contributed by atoms with Gasteiger partial charge in [0.25, 0.3) is 0 Å². The smallest absolute Gasteiger partial charge is 0.339 e. The average molecular weight is 441 g/mol. The van der Waals surface area contributed by atoms with Crippen LogP contribution in [0.25, 0.3) is 11.0 Å². The molecule has 32 heavy (non-hydrogen) atoms. The number of hydrogen-bond donors (Lipinski definition) is 1. The lowest BCUT2D eigenvalue weighted by molar-refractivity contribution is 0.0335. The van der Waals surface area contributed by atoms with Crippen LogP contribution in [0.1, 0.15) is 55.2 Å². The van der Waals surface area contributed by atoms with Crippen molar-refractivity contribution in [3.05, 3.63) is 39.2 Å². The average Bonchev–Trinajstić information content (AvgIpc) is 3.30. The molecule has 2 aromatic rings. The van der Waals surface area contributed by atoms with E-state index in [9.17, 15) is 9.90 Å². The number of phenolic OH excluding ortho intramolecular Hbond substituents is 1. The number of ether oxygens (including phenoxy) is 1. The van der Waals surface area contributed by atoms with Crippen LogP contribution in [0.5, 0.6) is 5.75 Å². The second kappa shape index (κ2) is 9.54. The summed E-state index contributed by atoms with van der Waals surface area (Å²) in [4.78, 5) is 17.7. The largest absolute Gasteiger partial charge is 0.507 e. The van der Waals surface area contributed by atoms with Crippen LogP contribution in [0.2, 0.25) is 0 Å². The minimum atomic E-state index is -0.231. The molecule has 2 atom stereocenters. The third-order valence-electron chi connectivity index (χ3n) is 7.93. The molecule has 174 valence electrons.